The van der Waals surface area contributed by atoms with Gasteiger partial charge in [-0.2, -0.15) is 0 Å². The number of hydrogen-bond donors (Lipinski definition) is 1. The normalized spacial score (nSPS) is 25.9. The highest BCUT2D eigenvalue weighted by Crippen LogP contribution is 2.28. The van der Waals surface area contributed by atoms with Gasteiger partial charge in [0.2, 0.25) is 0 Å². The van der Waals surface area contributed by atoms with Crippen molar-refractivity contribution in [3.8, 4) is 0 Å². The second kappa shape index (κ2) is 6.58. The molecule has 1 aliphatic carbocycles. The van der Waals surface area contributed by atoms with E-state index in [0.29, 0.717) is 12.1 Å². The molecule has 1 atom stereocenters. The first-order valence-corrected chi connectivity index (χ1v) is 7.58. The topological polar surface area (TPSA) is 12.0 Å². The number of hydrogen-bond acceptors (Lipinski definition) is 1. The van der Waals surface area contributed by atoms with Crippen LogP contribution >= 0.6 is 11.6 Å². The molecule has 1 saturated carbocycles. The molecule has 18 heavy (non-hydrogen) atoms. The van der Waals surface area contributed by atoms with Gasteiger partial charge in [0.15, 0.2) is 0 Å². The molecule has 100 valence electrons. The van der Waals surface area contributed by atoms with Gasteiger partial charge in [0.25, 0.3) is 0 Å². The highest BCUT2D eigenvalue weighted by atomic mass is 35.5. The average Bonchev–Trinajstić information content (AvgIpc) is 2.39. The Bertz CT molecular complexity index is 369. The number of rotatable bonds is 4. The Morgan fingerprint density at radius 2 is 2.00 bits per heavy atom. The van der Waals surface area contributed by atoms with Crippen molar-refractivity contribution in [2.24, 2.45) is 5.92 Å². The first-order chi connectivity index (χ1) is 8.69. The molecule has 1 fully saturated rings. The van der Waals surface area contributed by atoms with Gasteiger partial charge in [-0.15, -0.1) is 0 Å². The van der Waals surface area contributed by atoms with Gasteiger partial charge in [-0.05, 0) is 56.2 Å². The van der Waals surface area contributed by atoms with Gasteiger partial charge in [0.1, 0.15) is 0 Å². The van der Waals surface area contributed by atoms with E-state index in [4.69, 9.17) is 11.6 Å². The van der Waals surface area contributed by atoms with Crippen molar-refractivity contribution in [1.82, 2.24) is 5.32 Å². The highest BCUT2D eigenvalue weighted by Gasteiger charge is 2.21. The molecule has 1 nitrogen and oxygen atoms in total. The van der Waals surface area contributed by atoms with E-state index in [1.807, 2.05) is 12.1 Å². The molecule has 1 unspecified atom stereocenters. The molecule has 0 saturated heterocycles. The molecular weight excluding hydrogens is 242 g/mol. The van der Waals surface area contributed by atoms with Gasteiger partial charge in [-0.25, -0.2) is 0 Å². The Balaban J connectivity index is 1.86. The average molecular weight is 266 g/mol. The van der Waals surface area contributed by atoms with E-state index >= 15 is 0 Å². The lowest BCUT2D eigenvalue weighted by molar-refractivity contribution is 0.273. The second-order valence-corrected chi connectivity index (χ2v) is 6.01. The van der Waals surface area contributed by atoms with Crippen LogP contribution in [-0.2, 0) is 0 Å². The van der Waals surface area contributed by atoms with Crippen LogP contribution in [0.15, 0.2) is 24.3 Å². The van der Waals surface area contributed by atoms with Crippen LogP contribution in [0.2, 0.25) is 5.02 Å². The molecule has 2 rings (SSSR count). The van der Waals surface area contributed by atoms with E-state index in [0.717, 1.165) is 10.9 Å². The van der Waals surface area contributed by atoms with E-state index in [1.165, 1.54) is 37.7 Å². The standard InChI is InChI=1S/C16H24ClN/c1-3-13-7-9-16(10-8-13)18-12(2)14-5-4-6-15(17)11-14/h4-6,11-13,16,18H,3,7-10H2,1-2H3. The maximum Gasteiger partial charge on any atom is 0.0409 e. The van der Waals surface area contributed by atoms with Crippen molar-refractivity contribution in [2.45, 2.75) is 58.0 Å². The van der Waals surface area contributed by atoms with E-state index < -0.39 is 0 Å². The third-order valence-corrected chi connectivity index (χ3v) is 4.49. The van der Waals surface area contributed by atoms with Crippen LogP contribution in [0.4, 0.5) is 0 Å². The predicted octanol–water partition coefficient (Wildman–Crippen LogP) is 4.96. The molecule has 0 aromatic heterocycles. The summed E-state index contributed by atoms with van der Waals surface area (Å²) in [5.74, 6) is 0.963. The fraction of sp³-hybridized carbons (Fsp3) is 0.625. The SMILES string of the molecule is CCC1CCC(NC(C)c2cccc(Cl)c2)CC1. The maximum absolute atomic E-state index is 6.04. The van der Waals surface area contributed by atoms with Gasteiger partial charge in [-0.1, -0.05) is 37.1 Å². The van der Waals surface area contributed by atoms with Crippen LogP contribution in [0.5, 0.6) is 0 Å². The largest absolute Gasteiger partial charge is 0.307 e. The third kappa shape index (κ3) is 3.73. The second-order valence-electron chi connectivity index (χ2n) is 5.57. The quantitative estimate of drug-likeness (QED) is 0.811. The van der Waals surface area contributed by atoms with Crippen LogP contribution in [0.25, 0.3) is 0 Å². The van der Waals surface area contributed by atoms with Crippen molar-refractivity contribution in [3.05, 3.63) is 34.9 Å². The fourth-order valence-corrected chi connectivity index (χ4v) is 3.16. The van der Waals surface area contributed by atoms with Gasteiger partial charge < -0.3 is 5.32 Å². The van der Waals surface area contributed by atoms with Crippen molar-refractivity contribution in [3.63, 3.8) is 0 Å². The first kappa shape index (κ1) is 13.9. The molecule has 0 bridgehead atoms. The smallest absolute Gasteiger partial charge is 0.0409 e. The highest BCUT2D eigenvalue weighted by molar-refractivity contribution is 6.30. The first-order valence-electron chi connectivity index (χ1n) is 7.20. The summed E-state index contributed by atoms with van der Waals surface area (Å²) in [5, 5.41) is 4.58. The molecule has 1 N–H and O–H groups in total. The maximum atomic E-state index is 6.04. The monoisotopic (exact) mass is 265 g/mol. The Kier molecular flexibility index (Phi) is 5.08. The van der Waals surface area contributed by atoms with Crippen LogP contribution in [0, 0.1) is 5.92 Å². The molecule has 1 aromatic carbocycles. The molecule has 0 spiro atoms. The van der Waals surface area contributed by atoms with E-state index in [9.17, 15) is 0 Å². The van der Waals surface area contributed by atoms with Gasteiger partial charge in [-0.3, -0.25) is 0 Å². The summed E-state index contributed by atoms with van der Waals surface area (Å²) in [7, 11) is 0. The summed E-state index contributed by atoms with van der Waals surface area (Å²) in [5.41, 5.74) is 1.29. The number of nitrogens with one attached hydrogen (secondary N) is 1. The Hall–Kier alpha value is -0.530. The summed E-state index contributed by atoms with van der Waals surface area (Å²) in [6.07, 6.45) is 6.76. The summed E-state index contributed by atoms with van der Waals surface area (Å²) in [4.78, 5) is 0. The lowest BCUT2D eigenvalue weighted by Crippen LogP contribution is -2.34. The number of halogens is 1. The molecule has 0 amide bonds. The molecule has 1 aliphatic rings. The van der Waals surface area contributed by atoms with E-state index in [1.54, 1.807) is 0 Å². The molecule has 1 aromatic rings. The Labute approximate surface area is 116 Å². The Morgan fingerprint density at radius 3 is 2.61 bits per heavy atom. The summed E-state index contributed by atoms with van der Waals surface area (Å²) >= 11 is 6.04. The minimum Gasteiger partial charge on any atom is -0.307 e. The van der Waals surface area contributed by atoms with Crippen molar-refractivity contribution in [1.29, 1.82) is 0 Å². The van der Waals surface area contributed by atoms with Crippen molar-refractivity contribution in [2.75, 3.05) is 0 Å². The zero-order valence-electron chi connectivity index (χ0n) is 11.5. The minimum atomic E-state index is 0.395. The Morgan fingerprint density at radius 1 is 1.28 bits per heavy atom. The minimum absolute atomic E-state index is 0.395. The van der Waals surface area contributed by atoms with Gasteiger partial charge in [0, 0.05) is 17.1 Å². The molecular formula is C16H24ClN. The van der Waals surface area contributed by atoms with Crippen molar-refractivity contribution < 1.29 is 0 Å². The lowest BCUT2D eigenvalue weighted by Gasteiger charge is -2.31. The third-order valence-electron chi connectivity index (χ3n) is 4.26. The van der Waals surface area contributed by atoms with Crippen LogP contribution in [0.1, 0.15) is 57.6 Å². The van der Waals surface area contributed by atoms with Gasteiger partial charge >= 0.3 is 0 Å². The van der Waals surface area contributed by atoms with E-state index in [-0.39, 0.29) is 0 Å². The zero-order chi connectivity index (χ0) is 13.0. The summed E-state index contributed by atoms with van der Waals surface area (Å²) in [6, 6.07) is 9.26. The molecule has 0 heterocycles. The van der Waals surface area contributed by atoms with Crippen LogP contribution in [-0.4, -0.2) is 6.04 Å². The fourth-order valence-electron chi connectivity index (χ4n) is 2.96. The zero-order valence-corrected chi connectivity index (χ0v) is 12.2. The van der Waals surface area contributed by atoms with Gasteiger partial charge in [0.05, 0.1) is 0 Å². The lowest BCUT2D eigenvalue weighted by atomic mass is 9.84. The molecule has 2 heteroatoms. The number of benzene rings is 1. The summed E-state index contributed by atoms with van der Waals surface area (Å²) in [6.45, 7) is 4.55. The summed E-state index contributed by atoms with van der Waals surface area (Å²) < 4.78 is 0. The van der Waals surface area contributed by atoms with Crippen LogP contribution in [0.3, 0.4) is 0 Å². The molecule has 0 aliphatic heterocycles. The predicted molar refractivity (Wildman–Crippen MR) is 79.0 cm³/mol. The molecule has 0 radical (unpaired) electrons. The van der Waals surface area contributed by atoms with Crippen molar-refractivity contribution >= 4 is 11.6 Å². The van der Waals surface area contributed by atoms with E-state index in [2.05, 4.69) is 31.3 Å². The van der Waals surface area contributed by atoms with Crippen LogP contribution < -0.4 is 5.32 Å².